The van der Waals surface area contributed by atoms with Gasteiger partial charge in [-0.2, -0.15) is 0 Å². The Hall–Kier alpha value is -0.850. The molecule has 0 rings (SSSR count). The van der Waals surface area contributed by atoms with Crippen molar-refractivity contribution in [2.24, 2.45) is 0 Å². The quantitative estimate of drug-likeness (QED) is 0.311. The Bertz CT molecular complexity index is 201. The first-order valence-electron chi connectivity index (χ1n) is 6.07. The van der Waals surface area contributed by atoms with E-state index in [9.17, 15) is 4.79 Å². The molecule has 0 spiro atoms. The molecule has 0 unspecified atom stereocenters. The van der Waals surface area contributed by atoms with Gasteiger partial charge in [0, 0.05) is 6.42 Å². The van der Waals surface area contributed by atoms with E-state index in [1.54, 1.807) is 0 Å². The summed E-state index contributed by atoms with van der Waals surface area (Å²) in [6.45, 7) is 4.22. The summed E-state index contributed by atoms with van der Waals surface area (Å²) in [5, 5.41) is 0. The lowest BCUT2D eigenvalue weighted by atomic mass is 10.1. The summed E-state index contributed by atoms with van der Waals surface area (Å²) in [5.74, 6) is 0. The predicted molar refractivity (Wildman–Crippen MR) is 67.0 cm³/mol. The molecule has 0 N–H and O–H groups in total. The van der Waals surface area contributed by atoms with Crippen molar-refractivity contribution in [3.63, 3.8) is 0 Å². The number of carbonyl (C=O) groups excluding carboxylic acids is 1. The van der Waals surface area contributed by atoms with Gasteiger partial charge in [0.15, 0.2) is 0 Å². The zero-order valence-corrected chi connectivity index (χ0v) is 10.2. The number of hydrogen-bond acceptors (Lipinski definition) is 1. The van der Waals surface area contributed by atoms with Crippen LogP contribution in [0.25, 0.3) is 0 Å². The molecular weight excluding hydrogens is 184 g/mol. The lowest BCUT2D eigenvalue weighted by molar-refractivity contribution is -0.107. The largest absolute Gasteiger partial charge is 0.303 e. The first-order chi connectivity index (χ1) is 7.31. The molecule has 0 saturated carbocycles. The second-order valence-electron chi connectivity index (χ2n) is 4.01. The van der Waals surface area contributed by atoms with E-state index in [2.05, 4.69) is 19.1 Å². The van der Waals surface area contributed by atoms with Crippen LogP contribution >= 0.6 is 0 Å². The number of unbranched alkanes of at least 4 members (excludes halogenated alkanes) is 5. The fourth-order valence-corrected chi connectivity index (χ4v) is 1.39. The number of allylic oxidation sites excluding steroid dienone is 4. The fraction of sp³-hybridized carbons (Fsp3) is 0.643. The van der Waals surface area contributed by atoms with Gasteiger partial charge >= 0.3 is 0 Å². The van der Waals surface area contributed by atoms with Crippen molar-refractivity contribution >= 4 is 6.29 Å². The van der Waals surface area contributed by atoms with Crippen molar-refractivity contribution < 1.29 is 4.79 Å². The summed E-state index contributed by atoms with van der Waals surface area (Å²) in [4.78, 5) is 10.2. The lowest BCUT2D eigenvalue weighted by Crippen LogP contribution is -1.77. The van der Waals surface area contributed by atoms with Crippen LogP contribution in [0.3, 0.4) is 0 Å². The van der Waals surface area contributed by atoms with E-state index in [1.807, 2.05) is 13.0 Å². The third-order valence-electron chi connectivity index (χ3n) is 2.40. The van der Waals surface area contributed by atoms with Gasteiger partial charge in [-0.15, -0.1) is 0 Å². The molecule has 1 nitrogen and oxygen atoms in total. The molecule has 0 fully saturated rings. The molecule has 0 aliphatic rings. The average Bonchev–Trinajstić information content (AvgIpc) is 2.22. The Morgan fingerprint density at radius 1 is 1.13 bits per heavy atom. The van der Waals surface area contributed by atoms with Crippen LogP contribution in [0.2, 0.25) is 0 Å². The van der Waals surface area contributed by atoms with Gasteiger partial charge in [-0.3, -0.25) is 0 Å². The molecule has 0 heterocycles. The summed E-state index contributed by atoms with van der Waals surface area (Å²) < 4.78 is 0. The van der Waals surface area contributed by atoms with Gasteiger partial charge < -0.3 is 4.79 Å². The summed E-state index contributed by atoms with van der Waals surface area (Å²) in [5.41, 5.74) is 1.13. The van der Waals surface area contributed by atoms with Crippen LogP contribution in [-0.2, 0) is 4.79 Å². The Balaban J connectivity index is 3.38. The Kier molecular flexibility index (Phi) is 10.6. The minimum Gasteiger partial charge on any atom is -0.303 e. The second kappa shape index (κ2) is 11.2. The molecule has 0 bridgehead atoms. The first kappa shape index (κ1) is 14.2. The SMILES string of the molecule is CCCCCCC/C=C/C=C(\C)CC=O. The van der Waals surface area contributed by atoms with E-state index in [4.69, 9.17) is 0 Å². The molecule has 86 valence electrons. The van der Waals surface area contributed by atoms with Crippen LogP contribution in [0.5, 0.6) is 0 Å². The van der Waals surface area contributed by atoms with Crippen LogP contribution in [0.4, 0.5) is 0 Å². The topological polar surface area (TPSA) is 17.1 Å². The summed E-state index contributed by atoms with van der Waals surface area (Å²) >= 11 is 0. The van der Waals surface area contributed by atoms with Crippen molar-refractivity contribution in [3.05, 3.63) is 23.8 Å². The fourth-order valence-electron chi connectivity index (χ4n) is 1.39. The molecule has 0 aromatic carbocycles. The number of aldehydes is 1. The standard InChI is InChI=1S/C14H24O/c1-3-4-5-6-7-8-9-10-11-14(2)12-13-15/h9-11,13H,3-8,12H2,1-2H3/b10-9+,14-11+. The molecule has 0 saturated heterocycles. The molecule has 0 aliphatic carbocycles. The van der Waals surface area contributed by atoms with Gasteiger partial charge in [0.05, 0.1) is 0 Å². The van der Waals surface area contributed by atoms with Crippen molar-refractivity contribution in [2.45, 2.75) is 58.8 Å². The molecule has 0 atom stereocenters. The number of hydrogen-bond donors (Lipinski definition) is 0. The van der Waals surface area contributed by atoms with E-state index >= 15 is 0 Å². The smallest absolute Gasteiger partial charge is 0.124 e. The van der Waals surface area contributed by atoms with Crippen LogP contribution in [0.1, 0.15) is 58.8 Å². The lowest BCUT2D eigenvalue weighted by Gasteiger charge is -1.95. The van der Waals surface area contributed by atoms with Gasteiger partial charge in [0.1, 0.15) is 6.29 Å². The highest BCUT2D eigenvalue weighted by molar-refractivity contribution is 5.54. The number of rotatable bonds is 9. The van der Waals surface area contributed by atoms with Crippen molar-refractivity contribution in [1.82, 2.24) is 0 Å². The van der Waals surface area contributed by atoms with Crippen LogP contribution < -0.4 is 0 Å². The summed E-state index contributed by atoms with van der Waals surface area (Å²) in [6, 6.07) is 0. The third-order valence-corrected chi connectivity index (χ3v) is 2.40. The van der Waals surface area contributed by atoms with E-state index in [-0.39, 0.29) is 0 Å². The molecular formula is C14H24O. The Labute approximate surface area is 94.3 Å². The minimum absolute atomic E-state index is 0.556. The summed E-state index contributed by atoms with van der Waals surface area (Å²) in [6.07, 6.45) is 15.6. The van der Waals surface area contributed by atoms with Crippen LogP contribution in [0.15, 0.2) is 23.8 Å². The third kappa shape index (κ3) is 11.1. The van der Waals surface area contributed by atoms with Gasteiger partial charge in [-0.05, 0) is 19.8 Å². The Morgan fingerprint density at radius 2 is 1.87 bits per heavy atom. The van der Waals surface area contributed by atoms with Crippen molar-refractivity contribution in [2.75, 3.05) is 0 Å². The van der Waals surface area contributed by atoms with Gasteiger partial charge in [0.2, 0.25) is 0 Å². The monoisotopic (exact) mass is 208 g/mol. The molecule has 0 aliphatic heterocycles. The maximum atomic E-state index is 10.2. The van der Waals surface area contributed by atoms with Gasteiger partial charge in [-0.1, -0.05) is 56.4 Å². The van der Waals surface area contributed by atoms with E-state index in [1.165, 1.54) is 32.1 Å². The minimum atomic E-state index is 0.556. The van der Waals surface area contributed by atoms with E-state index in [0.29, 0.717) is 6.42 Å². The Morgan fingerprint density at radius 3 is 2.53 bits per heavy atom. The maximum absolute atomic E-state index is 10.2. The van der Waals surface area contributed by atoms with Crippen molar-refractivity contribution in [3.8, 4) is 0 Å². The highest BCUT2D eigenvalue weighted by Gasteiger charge is 1.86. The zero-order valence-electron chi connectivity index (χ0n) is 10.2. The van der Waals surface area contributed by atoms with E-state index < -0.39 is 0 Å². The molecule has 0 aromatic rings. The molecule has 1 heteroatoms. The summed E-state index contributed by atoms with van der Waals surface area (Å²) in [7, 11) is 0. The van der Waals surface area contributed by atoms with Crippen LogP contribution in [-0.4, -0.2) is 6.29 Å². The molecule has 0 aromatic heterocycles. The van der Waals surface area contributed by atoms with Crippen LogP contribution in [0, 0.1) is 0 Å². The molecule has 0 radical (unpaired) electrons. The first-order valence-corrected chi connectivity index (χ1v) is 6.07. The van der Waals surface area contributed by atoms with Crippen molar-refractivity contribution in [1.29, 1.82) is 0 Å². The zero-order chi connectivity index (χ0) is 11.4. The highest BCUT2D eigenvalue weighted by Crippen LogP contribution is 2.05. The number of carbonyl (C=O) groups is 1. The van der Waals surface area contributed by atoms with E-state index in [0.717, 1.165) is 18.3 Å². The molecule has 15 heavy (non-hydrogen) atoms. The highest BCUT2D eigenvalue weighted by atomic mass is 16.1. The molecule has 0 amide bonds. The predicted octanol–water partition coefficient (Wildman–Crippen LogP) is 4.44. The van der Waals surface area contributed by atoms with Gasteiger partial charge in [0.25, 0.3) is 0 Å². The average molecular weight is 208 g/mol. The normalized spacial score (nSPS) is 12.3. The second-order valence-corrected chi connectivity index (χ2v) is 4.01. The van der Waals surface area contributed by atoms with Gasteiger partial charge in [-0.25, -0.2) is 0 Å². The maximum Gasteiger partial charge on any atom is 0.124 e.